The molecular weight excluding hydrogens is 2140 g/mol. The van der Waals surface area contributed by atoms with Gasteiger partial charge in [0.1, 0.15) is 42.8 Å². The van der Waals surface area contributed by atoms with Gasteiger partial charge in [0.2, 0.25) is 0 Å². The first-order valence-electron chi connectivity index (χ1n) is 35.0. The van der Waals surface area contributed by atoms with Gasteiger partial charge in [0.15, 0.2) is 42.2 Å². The molecule has 6 atom stereocenters. The van der Waals surface area contributed by atoms with Gasteiger partial charge in [-0.1, -0.05) is 105 Å². The number of nitrogens with zero attached hydrogens (tertiary/aromatic N) is 2. The van der Waals surface area contributed by atoms with Crippen LogP contribution in [0.25, 0.3) is 33.4 Å². The number of fused-ring (bicyclic) bond motifs is 4. The van der Waals surface area contributed by atoms with Crippen molar-refractivity contribution in [1.29, 1.82) is 0 Å². The number of aliphatic hydroxyl groups excluding tert-OH is 2. The molecule has 1 fully saturated rings. The van der Waals surface area contributed by atoms with Crippen LogP contribution in [0.4, 0.5) is 141 Å². The number of hydrogen-bond acceptors (Lipinski definition) is 26. The third-order valence-electron chi connectivity index (χ3n) is 15.9. The summed E-state index contributed by atoms with van der Waals surface area (Å²) in [5.41, 5.74) is 4.86. The Morgan fingerprint density at radius 1 is 0.435 bits per heavy atom. The van der Waals surface area contributed by atoms with Crippen molar-refractivity contribution in [2.24, 2.45) is 0 Å². The second-order valence-electron chi connectivity index (χ2n) is 25.3. The molecule has 7 aromatic carbocycles. The number of epoxide rings is 1. The Kier molecular flexibility index (Phi) is 45.1. The molecule has 5 aliphatic heterocycles. The van der Waals surface area contributed by atoms with Gasteiger partial charge in [-0.2, -0.15) is 39.5 Å². The molecular formula is C75H67BrF27N4O20S3Yb. The summed E-state index contributed by atoms with van der Waals surface area (Å²) in [6.45, 7) is 9.91. The molecule has 1 amide bonds. The Bertz CT molecular complexity index is 4860. The quantitative estimate of drug-likeness (QED) is 0.0253. The predicted octanol–water partition coefficient (Wildman–Crippen LogP) is 21.2. The van der Waals surface area contributed by atoms with E-state index in [1.165, 1.54) is 76.5 Å². The van der Waals surface area contributed by atoms with Gasteiger partial charge >= 0.3 is 104 Å². The minimum absolute atomic E-state index is 0. The van der Waals surface area contributed by atoms with E-state index >= 15 is 0 Å². The van der Waals surface area contributed by atoms with Gasteiger partial charge in [0.05, 0.1) is 98.0 Å². The van der Waals surface area contributed by atoms with Gasteiger partial charge in [-0.15, -0.1) is 98.8 Å². The number of para-hydroxylation sites is 4. The third-order valence-corrected chi connectivity index (χ3v) is 17.5. The standard InChI is InChI=1S/2C21H19F6NO3.C18H16F3NO2.C8H6BrNO2.C3H3F3O.3CF3O3S.CH4.Yb/c2*1-2-5-14-12-30-19-16(13-6-3-7-15(10-13)31-21(25,26)27)8-4-9-17(19)28(14)11-18(29)20(22,23)24;1-2-5-13-11-23-17-15(8-4-9-16(17)22-13)12-6-3-7-14(10-12)24-18(19,20)21;9-5-2-1-3-6-8(5)12-4-7(11)10-6;4-3(5,6)2-1-7-2;3*2-1(3,4)7-8(5)6;;/h2*2-4,6-10,14,18,29H,1,5,11-12H2;2-4,6-10,13,22H,1,5,11H2;1-3H,4H2,(H,10,11);2H,1H2;;;;1H4;/q;;;;;3*-1;;+3. The molecule has 5 aliphatic rings. The zero-order valence-corrected chi connectivity index (χ0v) is 70.2. The molecule has 24 nitrogen and oxygen atoms in total. The SMILES string of the molecule is C.C=CCC1COc2c(-c3cccc(OC(F)(F)F)c3)cccc2N1CC(O)C(F)(F)F.C=CCC1COc2c(-c3cccc(OC(F)(F)F)c3)cccc2N1CC(O)C(F)(F)F.C=CCC1COc2c(cccc2-c2cccc(OC(F)(F)F)c2)N1.FC(F)(F)C1CO1.O=C1COc2c(Br)cccc2N1.O=[S-](=O)OC(F)(F)F.O=[S-](=O)OC(F)(F)F.O=[S-](=O)OC(F)(F)F.[Yb+3]. The number of anilines is 4. The molecule has 0 aromatic heterocycles. The zero-order valence-electron chi connectivity index (χ0n) is 64.5. The fourth-order valence-electron chi connectivity index (χ4n) is 11.0. The second kappa shape index (κ2) is 50.9. The van der Waals surface area contributed by atoms with Crippen LogP contribution >= 0.6 is 15.9 Å². The molecule has 1 saturated heterocycles. The number of amides is 1. The number of halogens is 28. The van der Waals surface area contributed by atoms with Crippen molar-refractivity contribution in [2.45, 2.75) is 120 Å². The monoisotopic (exact) mass is 2210 g/mol. The van der Waals surface area contributed by atoms with Crippen LogP contribution in [-0.2, 0) is 80.3 Å². The number of carbonyl (C=O) groups excluding carboxylic acids is 1. The average Bonchev–Trinajstić information content (AvgIpc) is 1.73. The zero-order chi connectivity index (χ0) is 97.2. The maximum atomic E-state index is 13.0. The van der Waals surface area contributed by atoms with Crippen LogP contribution in [0.5, 0.6) is 40.2 Å². The Balaban J connectivity index is 0.000000412. The number of alkyl halides is 27. The molecule has 6 unspecified atom stereocenters. The van der Waals surface area contributed by atoms with Gasteiger partial charge in [0, 0.05) is 16.7 Å². The minimum Gasteiger partial charge on any atom is -0.489 e. The van der Waals surface area contributed by atoms with Crippen LogP contribution in [0.15, 0.2) is 188 Å². The molecule has 0 bridgehead atoms. The summed E-state index contributed by atoms with van der Waals surface area (Å²) < 4.78 is 421. The van der Waals surface area contributed by atoms with Gasteiger partial charge in [-0.3, -0.25) is 4.79 Å². The smallest absolute Gasteiger partial charge is 0.489 e. The second-order valence-corrected chi connectivity index (χ2v) is 27.9. The van der Waals surface area contributed by atoms with E-state index in [0.717, 1.165) is 46.5 Å². The van der Waals surface area contributed by atoms with Crippen molar-refractivity contribution >= 4 is 77.5 Å². The predicted molar refractivity (Wildman–Crippen MR) is 409 cm³/mol. The first-order valence-corrected chi connectivity index (χ1v) is 38.8. The molecule has 4 N–H and O–H groups in total. The summed E-state index contributed by atoms with van der Waals surface area (Å²) in [6.07, 6.45) is -43.8. The van der Waals surface area contributed by atoms with Crippen LogP contribution in [0.1, 0.15) is 26.7 Å². The van der Waals surface area contributed by atoms with Crippen molar-refractivity contribution in [2.75, 3.05) is 66.6 Å². The topological polar surface area (TPSA) is 295 Å². The molecule has 0 aliphatic carbocycles. The van der Waals surface area contributed by atoms with Crippen LogP contribution in [-0.4, -0.2) is 155 Å². The average molecular weight is 2210 g/mol. The van der Waals surface area contributed by atoms with Crippen LogP contribution < -0.4 is 53.6 Å². The van der Waals surface area contributed by atoms with Crippen molar-refractivity contribution < 1.29 is 256 Å². The number of β-amino-alcohol motifs (C(OH)–C–C–N with tert-alkyl or cyclic N) is 2. The fourth-order valence-corrected chi connectivity index (χ4v) is 11.9. The number of hydrogen-bond donors (Lipinski definition) is 4. The largest absolute Gasteiger partial charge is 3.00 e. The molecule has 0 spiro atoms. The van der Waals surface area contributed by atoms with Crippen LogP contribution in [0.3, 0.4) is 0 Å². The molecule has 7 aromatic rings. The van der Waals surface area contributed by atoms with E-state index in [0.29, 0.717) is 75.7 Å². The van der Waals surface area contributed by atoms with Gasteiger partial charge in [-0.05, 0) is 119 Å². The first kappa shape index (κ1) is 116. The summed E-state index contributed by atoms with van der Waals surface area (Å²) in [5, 5.41) is 25.3. The van der Waals surface area contributed by atoms with E-state index < -0.39 is 145 Å². The number of benzene rings is 7. The van der Waals surface area contributed by atoms with Crippen LogP contribution in [0, 0.1) is 46.9 Å². The molecule has 1 radical (unpaired) electrons. The van der Waals surface area contributed by atoms with E-state index in [1.807, 2.05) is 30.3 Å². The third kappa shape index (κ3) is 42.4. The Morgan fingerprint density at radius 3 is 1.07 bits per heavy atom. The minimum atomic E-state index is -5.09. The van der Waals surface area contributed by atoms with Gasteiger partial charge in [0.25, 0.3) is 5.91 Å². The molecule has 735 valence electrons. The summed E-state index contributed by atoms with van der Waals surface area (Å²) in [4.78, 5) is 13.7. The van der Waals surface area contributed by atoms with Gasteiger partial charge in [-0.25, -0.2) is 0 Å². The number of rotatable bonds is 19. The van der Waals surface area contributed by atoms with E-state index in [1.54, 1.807) is 42.5 Å². The Morgan fingerprint density at radius 2 is 0.763 bits per heavy atom. The fraction of sp³-hybridized carbons (Fsp3) is 0.347. The molecule has 0 saturated carbocycles. The van der Waals surface area contributed by atoms with Gasteiger partial charge < -0.3 is 106 Å². The first-order chi connectivity index (χ1) is 59.6. The summed E-state index contributed by atoms with van der Waals surface area (Å²) in [5.74, 6) is 0.507. The Hall–Kier alpha value is -9.05. The summed E-state index contributed by atoms with van der Waals surface area (Å²) in [7, 11) is -10.5. The molecule has 56 heteroatoms. The number of carbonyl (C=O) groups is 1. The summed E-state index contributed by atoms with van der Waals surface area (Å²) >= 11 is 3.33. The molecule has 5 heterocycles. The Labute approximate surface area is 776 Å². The van der Waals surface area contributed by atoms with Crippen molar-refractivity contribution in [3.05, 3.63) is 188 Å². The normalized spacial score (nSPS) is 16.6. The van der Waals surface area contributed by atoms with E-state index in [9.17, 15) is 134 Å². The maximum Gasteiger partial charge on any atom is 3.00 e. The molecule has 131 heavy (non-hydrogen) atoms. The van der Waals surface area contributed by atoms with Crippen molar-refractivity contribution in [1.82, 2.24) is 0 Å². The van der Waals surface area contributed by atoms with Crippen molar-refractivity contribution in [3.63, 3.8) is 0 Å². The number of nitrogens with one attached hydrogen (secondary N) is 2. The number of aliphatic hydroxyl groups is 2. The van der Waals surface area contributed by atoms with E-state index in [-0.39, 0.29) is 110 Å². The maximum absolute atomic E-state index is 13.0. The van der Waals surface area contributed by atoms with Crippen LogP contribution in [0.2, 0.25) is 0 Å². The number of ether oxygens (including phenoxy) is 8. The summed E-state index contributed by atoms with van der Waals surface area (Å²) in [6, 6.07) is 35.8. The van der Waals surface area contributed by atoms with E-state index in [4.69, 9.17) is 44.2 Å². The molecule has 12 rings (SSSR count). The van der Waals surface area contributed by atoms with Crippen molar-refractivity contribution in [3.8, 4) is 73.6 Å². The van der Waals surface area contributed by atoms with E-state index in [2.05, 4.69) is 77.8 Å².